The van der Waals surface area contributed by atoms with Crippen molar-refractivity contribution in [3.63, 3.8) is 0 Å². The second-order valence-corrected chi connectivity index (χ2v) is 6.64. The van der Waals surface area contributed by atoms with Crippen molar-refractivity contribution in [2.45, 2.75) is 26.4 Å². The highest BCUT2D eigenvalue weighted by atomic mass is 35.5. The molecular formula is C20H22ClNO3. The zero-order valence-corrected chi connectivity index (χ0v) is 15.5. The molecule has 0 aliphatic carbocycles. The van der Waals surface area contributed by atoms with Gasteiger partial charge in [-0.1, -0.05) is 19.1 Å². The highest BCUT2D eigenvalue weighted by molar-refractivity contribution is 6.68. The number of anilines is 1. The summed E-state index contributed by atoms with van der Waals surface area (Å²) in [7, 11) is 2.05. The molecule has 0 saturated heterocycles. The van der Waals surface area contributed by atoms with Crippen LogP contribution in [0.1, 0.15) is 28.4 Å². The molecule has 0 bridgehead atoms. The number of carbonyl (C=O) groups is 1. The topological polar surface area (TPSA) is 38.8 Å². The van der Waals surface area contributed by atoms with Crippen LogP contribution in [0.25, 0.3) is 0 Å². The van der Waals surface area contributed by atoms with E-state index >= 15 is 0 Å². The Morgan fingerprint density at radius 3 is 2.84 bits per heavy atom. The van der Waals surface area contributed by atoms with Gasteiger partial charge >= 0.3 is 0 Å². The smallest absolute Gasteiger partial charge is 0.252 e. The number of carbonyl (C=O) groups excluding carboxylic acids is 1. The molecule has 0 aromatic heterocycles. The lowest BCUT2D eigenvalue weighted by atomic mass is 10.0. The summed E-state index contributed by atoms with van der Waals surface area (Å²) < 4.78 is 12.0. The Balaban J connectivity index is 1.72. The highest BCUT2D eigenvalue weighted by Gasteiger charge is 2.24. The Hall–Kier alpha value is -2.20. The van der Waals surface area contributed by atoms with Gasteiger partial charge < -0.3 is 14.4 Å². The molecule has 0 amide bonds. The van der Waals surface area contributed by atoms with Gasteiger partial charge in [-0.25, -0.2) is 0 Å². The number of hydrogen-bond donors (Lipinski definition) is 0. The van der Waals surface area contributed by atoms with Crippen LogP contribution in [0.4, 0.5) is 5.69 Å². The molecule has 0 radical (unpaired) electrons. The number of ether oxygens (including phenoxy) is 2. The van der Waals surface area contributed by atoms with Crippen LogP contribution in [0.5, 0.6) is 11.5 Å². The Bertz CT molecular complexity index is 791. The molecule has 0 unspecified atom stereocenters. The number of halogens is 1. The van der Waals surface area contributed by atoms with Crippen LogP contribution >= 0.6 is 11.6 Å². The van der Waals surface area contributed by atoms with Crippen molar-refractivity contribution >= 4 is 22.5 Å². The maximum atomic E-state index is 11.6. The summed E-state index contributed by atoms with van der Waals surface area (Å²) in [5, 5.41) is -0.422. The molecule has 25 heavy (non-hydrogen) atoms. The molecule has 1 aliphatic heterocycles. The largest absolute Gasteiger partial charge is 0.490 e. The third-order valence-corrected chi connectivity index (χ3v) is 4.64. The summed E-state index contributed by atoms with van der Waals surface area (Å²) >= 11 is 5.70. The third kappa shape index (κ3) is 3.74. The fraction of sp³-hybridized carbons (Fsp3) is 0.350. The summed E-state index contributed by atoms with van der Waals surface area (Å²) in [5.74, 6) is 1.61. The van der Waals surface area contributed by atoms with Crippen LogP contribution in [0.2, 0.25) is 0 Å². The lowest BCUT2D eigenvalue weighted by Crippen LogP contribution is -2.41. The van der Waals surface area contributed by atoms with E-state index in [2.05, 4.69) is 11.9 Å². The molecule has 1 atom stereocenters. The predicted molar refractivity (Wildman–Crippen MR) is 100 cm³/mol. The Morgan fingerprint density at radius 2 is 2.12 bits per heavy atom. The van der Waals surface area contributed by atoms with Crippen molar-refractivity contribution in [1.82, 2.24) is 0 Å². The summed E-state index contributed by atoms with van der Waals surface area (Å²) in [6, 6.07) is 11.7. The first-order valence-corrected chi connectivity index (χ1v) is 8.80. The summed E-state index contributed by atoms with van der Waals surface area (Å²) in [4.78, 5) is 13.8. The van der Waals surface area contributed by atoms with Crippen molar-refractivity contribution < 1.29 is 14.3 Å². The van der Waals surface area contributed by atoms with Crippen LogP contribution in [-0.2, 0) is 6.42 Å². The van der Waals surface area contributed by atoms with Gasteiger partial charge in [-0.05, 0) is 60.3 Å². The Morgan fingerprint density at radius 1 is 1.36 bits per heavy atom. The van der Waals surface area contributed by atoms with Crippen LogP contribution in [0.3, 0.4) is 0 Å². The monoisotopic (exact) mass is 359 g/mol. The first kappa shape index (κ1) is 17.6. The number of aryl methyl sites for hydroxylation is 2. The minimum absolute atomic E-state index is 0.0559. The molecule has 5 heteroatoms. The average molecular weight is 360 g/mol. The van der Waals surface area contributed by atoms with Gasteiger partial charge in [0.2, 0.25) is 0 Å². The summed E-state index contributed by atoms with van der Waals surface area (Å²) in [5.41, 5.74) is 3.41. The van der Waals surface area contributed by atoms with E-state index in [9.17, 15) is 4.79 Å². The van der Waals surface area contributed by atoms with Gasteiger partial charge in [-0.3, -0.25) is 4.79 Å². The number of benzene rings is 2. The summed E-state index contributed by atoms with van der Waals surface area (Å²) in [6.45, 7) is 5.07. The predicted octanol–water partition coefficient (Wildman–Crippen LogP) is 4.21. The van der Waals surface area contributed by atoms with E-state index in [-0.39, 0.29) is 6.10 Å². The number of rotatable bonds is 5. The highest BCUT2D eigenvalue weighted by Crippen LogP contribution is 2.32. The van der Waals surface area contributed by atoms with Gasteiger partial charge in [0.25, 0.3) is 5.24 Å². The molecule has 0 N–H and O–H groups in total. The van der Waals surface area contributed by atoms with Crippen molar-refractivity contribution in [1.29, 1.82) is 0 Å². The van der Waals surface area contributed by atoms with Crippen LogP contribution < -0.4 is 14.4 Å². The van der Waals surface area contributed by atoms with Crippen LogP contribution in [-0.4, -0.2) is 31.5 Å². The van der Waals surface area contributed by atoms with Crippen molar-refractivity contribution in [2.75, 3.05) is 25.1 Å². The number of para-hydroxylation sites is 2. The molecule has 0 fully saturated rings. The first-order chi connectivity index (χ1) is 12.0. The van der Waals surface area contributed by atoms with E-state index in [4.69, 9.17) is 21.1 Å². The third-order valence-electron chi connectivity index (χ3n) is 4.45. The standard InChI is InChI=1S/C20H22ClNO3/c1-4-14-10-15(9-13(2)19(14)20(21)23)24-12-16-11-22(3)17-7-5-6-8-18(17)25-16/h5-10,16H,4,11-12H2,1-3H3/t16-/m0/s1. The molecule has 2 aromatic carbocycles. The van der Waals surface area contributed by atoms with Gasteiger partial charge in [-0.15, -0.1) is 0 Å². The van der Waals surface area contributed by atoms with Gasteiger partial charge in [0.05, 0.1) is 12.2 Å². The maximum Gasteiger partial charge on any atom is 0.252 e. The average Bonchev–Trinajstić information content (AvgIpc) is 2.59. The zero-order valence-electron chi connectivity index (χ0n) is 14.7. The fourth-order valence-electron chi connectivity index (χ4n) is 3.24. The second-order valence-electron chi connectivity index (χ2n) is 6.30. The molecular weight excluding hydrogens is 338 g/mol. The van der Waals surface area contributed by atoms with Crippen LogP contribution in [0, 0.1) is 6.92 Å². The quantitative estimate of drug-likeness (QED) is 0.749. The number of likely N-dealkylation sites (N-methyl/N-ethyl adjacent to an activating group) is 1. The van der Waals surface area contributed by atoms with E-state index in [0.29, 0.717) is 12.2 Å². The Kier molecular flexibility index (Phi) is 5.19. The minimum atomic E-state index is -0.422. The number of hydrogen-bond acceptors (Lipinski definition) is 4. The molecule has 3 rings (SSSR count). The van der Waals surface area contributed by atoms with E-state index in [0.717, 1.165) is 41.3 Å². The maximum absolute atomic E-state index is 11.6. The zero-order chi connectivity index (χ0) is 18.0. The molecule has 2 aromatic rings. The first-order valence-electron chi connectivity index (χ1n) is 8.42. The number of fused-ring (bicyclic) bond motifs is 1. The molecule has 0 spiro atoms. The molecule has 1 heterocycles. The van der Waals surface area contributed by atoms with Gasteiger partial charge in [-0.2, -0.15) is 0 Å². The molecule has 4 nitrogen and oxygen atoms in total. The molecule has 132 valence electrons. The van der Waals surface area contributed by atoms with E-state index < -0.39 is 5.24 Å². The van der Waals surface area contributed by atoms with Gasteiger partial charge in [0.15, 0.2) is 0 Å². The van der Waals surface area contributed by atoms with Crippen molar-refractivity contribution in [3.05, 3.63) is 53.1 Å². The minimum Gasteiger partial charge on any atom is -0.490 e. The van der Waals surface area contributed by atoms with E-state index in [1.807, 2.05) is 50.2 Å². The van der Waals surface area contributed by atoms with Crippen molar-refractivity contribution in [3.8, 4) is 11.5 Å². The Labute approximate surface area is 153 Å². The summed E-state index contributed by atoms with van der Waals surface area (Å²) in [6.07, 6.45) is 0.668. The normalized spacial score (nSPS) is 16.2. The lowest BCUT2D eigenvalue weighted by Gasteiger charge is -2.33. The lowest BCUT2D eigenvalue weighted by molar-refractivity contribution is 0.107. The van der Waals surface area contributed by atoms with E-state index in [1.165, 1.54) is 0 Å². The van der Waals surface area contributed by atoms with E-state index in [1.54, 1.807) is 0 Å². The molecule has 1 aliphatic rings. The van der Waals surface area contributed by atoms with Gasteiger partial charge in [0.1, 0.15) is 24.2 Å². The van der Waals surface area contributed by atoms with Crippen molar-refractivity contribution in [2.24, 2.45) is 0 Å². The van der Waals surface area contributed by atoms with Crippen LogP contribution in [0.15, 0.2) is 36.4 Å². The van der Waals surface area contributed by atoms with Gasteiger partial charge in [0, 0.05) is 12.6 Å². The fourth-order valence-corrected chi connectivity index (χ4v) is 3.51. The SMILES string of the molecule is CCc1cc(OC[C@@H]2CN(C)c3ccccc3O2)cc(C)c1C(=O)Cl. The molecule has 0 saturated carbocycles. The number of nitrogens with zero attached hydrogens (tertiary/aromatic N) is 1. The second kappa shape index (κ2) is 7.36.